The number of aliphatic imine (C=N–C) groups is 1. The van der Waals surface area contributed by atoms with Gasteiger partial charge >= 0.3 is 30.1 Å². The second kappa shape index (κ2) is 14.2. The number of aromatic nitrogens is 1. The number of benzene rings is 2. The monoisotopic (exact) mass is 644 g/mol. The molecule has 3 aromatic rings. The summed E-state index contributed by atoms with van der Waals surface area (Å²) in [6.07, 6.45) is -1.38. The van der Waals surface area contributed by atoms with E-state index in [0.717, 1.165) is 4.70 Å². The predicted molar refractivity (Wildman–Crippen MR) is 161 cm³/mol. The number of thioether (sulfide) groups is 1. The summed E-state index contributed by atoms with van der Waals surface area (Å²) in [7, 11) is 4.33. The molecule has 1 aliphatic heterocycles. The van der Waals surface area contributed by atoms with E-state index in [4.69, 9.17) is 23.7 Å². The Kier molecular flexibility index (Phi) is 10.4. The molecule has 232 valence electrons. The number of ether oxygens (including phenoxy) is 5. The first kappa shape index (κ1) is 32.2. The normalized spacial score (nSPS) is 13.9. The van der Waals surface area contributed by atoms with Gasteiger partial charge in [0.1, 0.15) is 21.6 Å². The van der Waals surface area contributed by atoms with E-state index in [1.54, 1.807) is 18.2 Å². The van der Waals surface area contributed by atoms with Crippen molar-refractivity contribution >= 4 is 68.5 Å². The molecule has 14 nitrogen and oxygen atoms in total. The number of hydrogen-bond donors (Lipinski definition) is 0. The van der Waals surface area contributed by atoms with Gasteiger partial charge in [-0.1, -0.05) is 0 Å². The summed E-state index contributed by atoms with van der Waals surface area (Å²) in [5.41, 5.74) is 0.698. The highest BCUT2D eigenvalue weighted by molar-refractivity contribution is 8.15. The first-order chi connectivity index (χ1) is 20.9. The van der Waals surface area contributed by atoms with E-state index < -0.39 is 36.1 Å². The molecule has 44 heavy (non-hydrogen) atoms. The molecule has 0 spiro atoms. The van der Waals surface area contributed by atoms with Crippen LogP contribution in [0.3, 0.4) is 0 Å². The molecule has 2 aromatic carbocycles. The van der Waals surface area contributed by atoms with E-state index in [2.05, 4.69) is 9.98 Å². The molecular weight excluding hydrogens is 616 g/mol. The van der Waals surface area contributed by atoms with Gasteiger partial charge in [0.05, 0.1) is 17.3 Å². The molecule has 16 heteroatoms. The minimum absolute atomic E-state index is 0.00748. The van der Waals surface area contributed by atoms with Crippen molar-refractivity contribution in [2.24, 2.45) is 4.99 Å². The molecule has 0 saturated carbocycles. The van der Waals surface area contributed by atoms with Gasteiger partial charge in [0.2, 0.25) is 0 Å². The van der Waals surface area contributed by atoms with Gasteiger partial charge < -0.3 is 33.5 Å². The summed E-state index contributed by atoms with van der Waals surface area (Å²) in [5, 5.41) is 1.32. The number of fused-ring (bicyclic) bond motifs is 1. The minimum atomic E-state index is -0.741. The van der Waals surface area contributed by atoms with Crippen LogP contribution in [0.5, 0.6) is 23.0 Å². The fourth-order valence-corrected chi connectivity index (χ4v) is 5.76. The molecule has 0 radical (unpaired) electrons. The standard InChI is InChI=1S/C28H28N4O10S2/c1-15(33)39-21-9-7-17(12-22(21)40-16(2)34)41-27(36)31(3)10-11-32(4)28(37)42-18-6-8-19-23(13-18)44-25(29-19)24-30-20(14-43-24)26(35)38-5/h6-9,12-13,20H,10-11,14H2,1-5H3. The van der Waals surface area contributed by atoms with Crippen molar-refractivity contribution in [3.63, 3.8) is 0 Å². The van der Waals surface area contributed by atoms with Crippen molar-refractivity contribution in [2.45, 2.75) is 19.9 Å². The van der Waals surface area contributed by atoms with Gasteiger partial charge in [0.15, 0.2) is 17.5 Å². The van der Waals surface area contributed by atoms with Gasteiger partial charge in [0, 0.05) is 58.9 Å². The van der Waals surface area contributed by atoms with Crippen molar-refractivity contribution < 1.29 is 47.7 Å². The minimum Gasteiger partial charge on any atom is -0.467 e. The number of methoxy groups -OCH3 is 1. The second-order valence-corrected chi connectivity index (χ2v) is 11.3. The number of rotatable bonds is 9. The molecule has 1 aliphatic rings. The van der Waals surface area contributed by atoms with Crippen LogP contribution in [0.15, 0.2) is 41.4 Å². The third-order valence-corrected chi connectivity index (χ3v) is 8.10. The van der Waals surface area contributed by atoms with Gasteiger partial charge in [-0.05, 0) is 24.3 Å². The topological polar surface area (TPSA) is 163 Å². The zero-order valence-electron chi connectivity index (χ0n) is 24.4. The molecule has 2 heterocycles. The molecule has 4 rings (SSSR count). The average Bonchev–Trinajstić information content (AvgIpc) is 3.63. The molecular formula is C28H28N4O10S2. The second-order valence-electron chi connectivity index (χ2n) is 9.31. The van der Waals surface area contributed by atoms with Crippen molar-refractivity contribution in [2.75, 3.05) is 40.0 Å². The van der Waals surface area contributed by atoms with Crippen LogP contribution in [0.4, 0.5) is 9.59 Å². The highest BCUT2D eigenvalue weighted by atomic mass is 32.2. The molecule has 0 fully saturated rings. The maximum absolute atomic E-state index is 12.7. The van der Waals surface area contributed by atoms with Crippen LogP contribution in [0, 0.1) is 0 Å². The summed E-state index contributed by atoms with van der Waals surface area (Å²) in [4.78, 5) is 71.3. The first-order valence-corrected chi connectivity index (χ1v) is 14.8. The average molecular weight is 645 g/mol. The Hall–Kier alpha value is -4.70. The number of carbonyl (C=O) groups excluding carboxylic acids is 5. The van der Waals surface area contributed by atoms with Crippen LogP contribution in [0.25, 0.3) is 10.2 Å². The summed E-state index contributed by atoms with van der Waals surface area (Å²) >= 11 is 2.80. The van der Waals surface area contributed by atoms with Crippen LogP contribution >= 0.6 is 23.1 Å². The van der Waals surface area contributed by atoms with Crippen LogP contribution in [-0.4, -0.2) is 96.0 Å². The molecule has 0 aliphatic carbocycles. The number of nitrogens with zero attached hydrogens (tertiary/aromatic N) is 4. The zero-order valence-corrected chi connectivity index (χ0v) is 26.0. The number of amides is 2. The molecule has 1 aromatic heterocycles. The predicted octanol–water partition coefficient (Wildman–Crippen LogP) is 3.74. The van der Waals surface area contributed by atoms with Crippen LogP contribution < -0.4 is 18.9 Å². The lowest BCUT2D eigenvalue weighted by Crippen LogP contribution is -2.39. The quantitative estimate of drug-likeness (QED) is 0.245. The highest BCUT2D eigenvalue weighted by Gasteiger charge is 2.28. The Bertz CT molecular complexity index is 1640. The molecule has 2 amide bonds. The van der Waals surface area contributed by atoms with Crippen LogP contribution in [0.2, 0.25) is 0 Å². The number of hydrogen-bond acceptors (Lipinski definition) is 14. The number of thiazole rings is 1. The number of likely N-dealkylation sites (N-methyl/N-ethyl adjacent to an activating group) is 2. The van der Waals surface area contributed by atoms with Crippen molar-refractivity contribution in [3.8, 4) is 23.0 Å². The lowest BCUT2D eigenvalue weighted by atomic mass is 10.3. The van der Waals surface area contributed by atoms with Crippen molar-refractivity contribution in [1.29, 1.82) is 0 Å². The van der Waals surface area contributed by atoms with Gasteiger partial charge in [0.25, 0.3) is 0 Å². The van der Waals surface area contributed by atoms with Crippen LogP contribution in [0.1, 0.15) is 18.9 Å². The third-order valence-electron chi connectivity index (χ3n) is 5.89. The van der Waals surface area contributed by atoms with E-state index in [1.807, 2.05) is 0 Å². The fourth-order valence-electron chi connectivity index (χ4n) is 3.67. The third kappa shape index (κ3) is 8.23. The van der Waals surface area contributed by atoms with E-state index >= 15 is 0 Å². The molecule has 1 unspecified atom stereocenters. The maximum atomic E-state index is 12.7. The van der Waals surface area contributed by atoms with E-state index in [9.17, 15) is 24.0 Å². The lowest BCUT2D eigenvalue weighted by Gasteiger charge is -2.21. The van der Waals surface area contributed by atoms with Gasteiger partial charge in [-0.15, -0.1) is 23.1 Å². The maximum Gasteiger partial charge on any atom is 0.415 e. The lowest BCUT2D eigenvalue weighted by molar-refractivity contribution is -0.141. The SMILES string of the molecule is COC(=O)C1CSC(c2nc3ccc(OC(=O)N(C)CCN(C)C(=O)Oc4ccc(OC(C)=O)c(OC(C)=O)c4)cc3s2)=N1. The highest BCUT2D eigenvalue weighted by Crippen LogP contribution is 2.33. The number of esters is 3. The largest absolute Gasteiger partial charge is 0.467 e. The molecule has 0 saturated heterocycles. The van der Waals surface area contributed by atoms with Gasteiger partial charge in [-0.2, -0.15) is 0 Å². The Labute approximate surface area is 259 Å². The summed E-state index contributed by atoms with van der Waals surface area (Å²) in [6, 6.07) is 8.45. The molecule has 0 bridgehead atoms. The van der Waals surface area contributed by atoms with Gasteiger partial charge in [-0.3, -0.25) is 14.6 Å². The van der Waals surface area contributed by atoms with E-state index in [1.165, 1.54) is 86.2 Å². The van der Waals surface area contributed by atoms with Crippen molar-refractivity contribution in [3.05, 3.63) is 41.4 Å². The van der Waals surface area contributed by atoms with E-state index in [-0.39, 0.29) is 30.3 Å². The van der Waals surface area contributed by atoms with E-state index in [0.29, 0.717) is 27.1 Å². The Morgan fingerprint density at radius 2 is 1.43 bits per heavy atom. The smallest absolute Gasteiger partial charge is 0.415 e. The Morgan fingerprint density at radius 1 is 0.841 bits per heavy atom. The van der Waals surface area contributed by atoms with Crippen LogP contribution in [-0.2, 0) is 19.1 Å². The Balaban J connectivity index is 1.31. The first-order valence-electron chi connectivity index (χ1n) is 13.0. The summed E-state index contributed by atoms with van der Waals surface area (Å²) in [6.45, 7) is 2.60. The van der Waals surface area contributed by atoms with Crippen molar-refractivity contribution in [1.82, 2.24) is 14.8 Å². The van der Waals surface area contributed by atoms with Gasteiger partial charge in [-0.25, -0.2) is 19.4 Å². The number of carbonyl (C=O) groups is 5. The fraction of sp³-hybridized carbons (Fsp3) is 0.321. The molecule has 1 atom stereocenters. The zero-order chi connectivity index (χ0) is 32.0. The molecule has 0 N–H and O–H groups in total. The summed E-state index contributed by atoms with van der Waals surface area (Å²) < 4.78 is 26.4. The Morgan fingerprint density at radius 3 is 2.05 bits per heavy atom. The summed E-state index contributed by atoms with van der Waals surface area (Å²) in [5.74, 6) is -0.912.